The fraction of sp³-hybridized carbons (Fsp3) is 0.833. The molecule has 0 unspecified atom stereocenters. The summed E-state index contributed by atoms with van der Waals surface area (Å²) in [6.07, 6.45) is -5.94. The highest BCUT2D eigenvalue weighted by Gasteiger charge is 2.31. The van der Waals surface area contributed by atoms with Crippen molar-refractivity contribution in [2.45, 2.75) is 18.3 Å². The van der Waals surface area contributed by atoms with Crippen molar-refractivity contribution in [3.05, 3.63) is 0 Å². The maximum absolute atomic E-state index is 10.7. The minimum Gasteiger partial charge on any atom is -0.388 e. The predicted molar refractivity (Wildman–Crippen MR) is 48.1 cm³/mol. The lowest BCUT2D eigenvalue weighted by atomic mass is 10.1. The number of phosphoric ester groups is 1. The lowest BCUT2D eigenvalue weighted by Crippen LogP contribution is -2.45. The van der Waals surface area contributed by atoms with Gasteiger partial charge in [-0.1, -0.05) is 0 Å². The van der Waals surface area contributed by atoms with Crippen molar-refractivity contribution in [3.63, 3.8) is 0 Å². The van der Waals surface area contributed by atoms with Gasteiger partial charge in [-0.15, -0.1) is 0 Å². The molecular formula is C6H13O9P. The summed E-state index contributed by atoms with van der Waals surface area (Å²) < 4.78 is 14.1. The van der Waals surface area contributed by atoms with Crippen molar-refractivity contribution < 1.29 is 44.1 Å². The van der Waals surface area contributed by atoms with E-state index in [1.807, 2.05) is 0 Å². The van der Waals surface area contributed by atoms with Gasteiger partial charge in [0.2, 0.25) is 0 Å². The number of Topliss-reactive ketones (excluding diaryl/α,β-unsaturated/α-hetero) is 1. The molecule has 0 aliphatic carbocycles. The zero-order valence-electron chi connectivity index (χ0n) is 8.00. The molecule has 0 heterocycles. The van der Waals surface area contributed by atoms with Gasteiger partial charge in [-0.2, -0.15) is 0 Å². The molecule has 6 N–H and O–H groups in total. The Labute approximate surface area is 90.2 Å². The second-order valence-corrected chi connectivity index (χ2v) is 4.15. The minimum atomic E-state index is -4.81. The van der Waals surface area contributed by atoms with Crippen LogP contribution in [0.4, 0.5) is 0 Å². The summed E-state index contributed by atoms with van der Waals surface area (Å²) in [5.74, 6) is -1.14. The number of carbonyl (C=O) groups is 1. The Morgan fingerprint density at radius 3 is 2.12 bits per heavy atom. The van der Waals surface area contributed by atoms with Gasteiger partial charge in [0.05, 0.1) is 6.61 Å². The van der Waals surface area contributed by atoms with Crippen LogP contribution in [0.15, 0.2) is 0 Å². The van der Waals surface area contributed by atoms with E-state index in [0.717, 1.165) is 0 Å². The topological polar surface area (TPSA) is 165 Å². The van der Waals surface area contributed by atoms with Crippen LogP contribution >= 0.6 is 7.82 Å². The van der Waals surface area contributed by atoms with E-state index >= 15 is 0 Å². The molecule has 0 saturated carbocycles. The molecule has 0 aromatic rings. The third kappa shape index (κ3) is 5.64. The normalized spacial score (nSPS) is 17.9. The van der Waals surface area contributed by atoms with E-state index in [9.17, 15) is 9.36 Å². The van der Waals surface area contributed by atoms with Crippen LogP contribution in [0, 0.1) is 0 Å². The Morgan fingerprint density at radius 1 is 1.25 bits per heavy atom. The van der Waals surface area contributed by atoms with Crippen molar-refractivity contribution in [2.24, 2.45) is 0 Å². The Bertz CT molecular complexity index is 273. The van der Waals surface area contributed by atoms with Gasteiger partial charge < -0.3 is 30.2 Å². The molecule has 0 amide bonds. The fourth-order valence-electron chi connectivity index (χ4n) is 0.766. The Balaban J connectivity index is 4.23. The van der Waals surface area contributed by atoms with Gasteiger partial charge in [-0.05, 0) is 0 Å². The van der Waals surface area contributed by atoms with Crippen molar-refractivity contribution in [1.29, 1.82) is 0 Å². The highest BCUT2D eigenvalue weighted by atomic mass is 31.2. The second-order valence-electron chi connectivity index (χ2n) is 2.91. The molecule has 0 aromatic carbocycles. The first-order valence-corrected chi connectivity index (χ1v) is 5.60. The lowest BCUT2D eigenvalue weighted by Gasteiger charge is -2.21. The molecule has 0 radical (unpaired) electrons. The molecule has 3 atom stereocenters. The van der Waals surface area contributed by atoms with Gasteiger partial charge in [0, 0.05) is 0 Å². The zero-order valence-corrected chi connectivity index (χ0v) is 8.90. The molecule has 16 heavy (non-hydrogen) atoms. The summed E-state index contributed by atoms with van der Waals surface area (Å²) in [4.78, 5) is 27.2. The monoisotopic (exact) mass is 260 g/mol. The number of aliphatic hydroxyl groups is 4. The summed E-state index contributed by atoms with van der Waals surface area (Å²) in [5.41, 5.74) is 0. The van der Waals surface area contributed by atoms with E-state index in [2.05, 4.69) is 4.52 Å². The number of rotatable bonds is 7. The summed E-state index contributed by atoms with van der Waals surface area (Å²) in [5, 5.41) is 35.6. The first-order valence-electron chi connectivity index (χ1n) is 4.07. The SMILES string of the molecule is O=C(CO)[C@@H](O)[C@@H](O)[C@@H](O)COP(=O)(O)O. The van der Waals surface area contributed by atoms with Crippen LogP contribution in [0.3, 0.4) is 0 Å². The molecule has 10 heteroatoms. The van der Waals surface area contributed by atoms with E-state index in [-0.39, 0.29) is 0 Å². The molecule has 0 saturated heterocycles. The van der Waals surface area contributed by atoms with E-state index < -0.39 is 45.1 Å². The predicted octanol–water partition coefficient (Wildman–Crippen LogP) is -3.26. The lowest BCUT2D eigenvalue weighted by molar-refractivity contribution is -0.142. The largest absolute Gasteiger partial charge is 0.469 e. The molecule has 0 fully saturated rings. The van der Waals surface area contributed by atoms with Crippen LogP contribution in [-0.2, 0) is 13.9 Å². The summed E-state index contributed by atoms with van der Waals surface area (Å²) >= 11 is 0. The average Bonchev–Trinajstić information content (AvgIpc) is 2.21. The number of hydrogen-bond donors (Lipinski definition) is 6. The van der Waals surface area contributed by atoms with Crippen molar-refractivity contribution in [1.82, 2.24) is 0 Å². The standard InChI is InChI=1S/C6H13O9P/c7-1-3(8)5(10)6(11)4(9)2-15-16(12,13)14/h4-7,9-11H,1-2H2,(H2,12,13,14)/t4-,5+,6-/m0/s1. The van der Waals surface area contributed by atoms with E-state index in [4.69, 9.17) is 30.2 Å². The van der Waals surface area contributed by atoms with Crippen LogP contribution in [-0.4, -0.2) is 67.5 Å². The second kappa shape index (κ2) is 6.38. The van der Waals surface area contributed by atoms with Gasteiger partial charge in [-0.25, -0.2) is 4.57 Å². The Morgan fingerprint density at radius 2 is 1.75 bits per heavy atom. The van der Waals surface area contributed by atoms with E-state index in [1.54, 1.807) is 0 Å². The molecular weight excluding hydrogens is 247 g/mol. The van der Waals surface area contributed by atoms with Crippen molar-refractivity contribution in [2.75, 3.05) is 13.2 Å². The summed E-state index contributed by atoms with van der Waals surface area (Å²) in [6.45, 7) is -2.01. The van der Waals surface area contributed by atoms with Crippen LogP contribution in [0.2, 0.25) is 0 Å². The number of phosphoric acid groups is 1. The number of hydrogen-bond acceptors (Lipinski definition) is 7. The molecule has 0 aliphatic heterocycles. The van der Waals surface area contributed by atoms with Gasteiger partial charge in [0.1, 0.15) is 24.9 Å². The molecule has 0 aromatic heterocycles. The molecule has 0 bridgehead atoms. The quantitative estimate of drug-likeness (QED) is 0.258. The van der Waals surface area contributed by atoms with Crippen LogP contribution in [0.1, 0.15) is 0 Å². The van der Waals surface area contributed by atoms with E-state index in [1.165, 1.54) is 0 Å². The number of ketones is 1. The molecule has 0 rings (SSSR count). The Hall–Kier alpha value is -0.380. The van der Waals surface area contributed by atoms with Gasteiger partial charge in [-0.3, -0.25) is 9.32 Å². The molecule has 0 spiro atoms. The third-order valence-corrected chi connectivity index (χ3v) is 2.10. The summed E-state index contributed by atoms with van der Waals surface area (Å²) in [7, 11) is -4.81. The highest BCUT2D eigenvalue weighted by molar-refractivity contribution is 7.46. The molecule has 96 valence electrons. The Kier molecular flexibility index (Phi) is 6.23. The molecule has 0 aliphatic rings. The van der Waals surface area contributed by atoms with Crippen LogP contribution in [0.25, 0.3) is 0 Å². The minimum absolute atomic E-state index is 0.971. The smallest absolute Gasteiger partial charge is 0.388 e. The van der Waals surface area contributed by atoms with Crippen molar-refractivity contribution in [3.8, 4) is 0 Å². The van der Waals surface area contributed by atoms with Crippen LogP contribution in [0.5, 0.6) is 0 Å². The first kappa shape index (κ1) is 15.6. The fourth-order valence-corrected chi connectivity index (χ4v) is 1.11. The summed E-state index contributed by atoms with van der Waals surface area (Å²) in [6, 6.07) is 0. The maximum Gasteiger partial charge on any atom is 0.469 e. The zero-order chi connectivity index (χ0) is 12.9. The van der Waals surface area contributed by atoms with Gasteiger partial charge in [0.15, 0.2) is 5.78 Å². The average molecular weight is 260 g/mol. The number of carbonyl (C=O) groups excluding carboxylic acids is 1. The highest BCUT2D eigenvalue weighted by Crippen LogP contribution is 2.35. The molecule has 9 nitrogen and oxygen atoms in total. The first-order chi connectivity index (χ1) is 7.19. The number of aliphatic hydroxyl groups excluding tert-OH is 4. The van der Waals surface area contributed by atoms with Gasteiger partial charge >= 0.3 is 7.82 Å². The van der Waals surface area contributed by atoms with Crippen molar-refractivity contribution >= 4 is 13.6 Å². The van der Waals surface area contributed by atoms with E-state index in [0.29, 0.717) is 0 Å². The third-order valence-electron chi connectivity index (χ3n) is 1.62. The maximum atomic E-state index is 10.7. The van der Waals surface area contributed by atoms with Gasteiger partial charge in [0.25, 0.3) is 0 Å². The van der Waals surface area contributed by atoms with Crippen LogP contribution < -0.4 is 0 Å².